The van der Waals surface area contributed by atoms with Crippen LogP contribution in [0.1, 0.15) is 49.1 Å². The van der Waals surface area contributed by atoms with Crippen LogP contribution in [-0.2, 0) is 4.79 Å². The smallest absolute Gasteiger partial charge is 0.237 e. The van der Waals surface area contributed by atoms with Crippen molar-refractivity contribution in [2.45, 2.75) is 50.1 Å². The second-order valence-electron chi connectivity index (χ2n) is 7.50. The first-order valence-corrected chi connectivity index (χ1v) is 9.52. The number of hydrogen-bond donors (Lipinski definition) is 2. The minimum atomic E-state index is -0.0845. The van der Waals surface area contributed by atoms with Gasteiger partial charge in [-0.1, -0.05) is 43.2 Å². The number of fused-ring (bicyclic) bond motifs is 1. The minimum Gasteiger partial charge on any atom is -0.394 e. The van der Waals surface area contributed by atoms with Crippen LogP contribution in [0.25, 0.3) is 0 Å². The van der Waals surface area contributed by atoms with Gasteiger partial charge >= 0.3 is 0 Å². The number of piperazine rings is 1. The zero-order valence-corrected chi connectivity index (χ0v) is 14.6. The lowest BCUT2D eigenvalue weighted by Gasteiger charge is -2.57. The van der Waals surface area contributed by atoms with E-state index in [2.05, 4.69) is 41.4 Å². The Kier molecular flexibility index (Phi) is 4.78. The van der Waals surface area contributed by atoms with Crippen molar-refractivity contribution < 1.29 is 9.90 Å². The maximum absolute atomic E-state index is 12.0. The fourth-order valence-electron chi connectivity index (χ4n) is 4.63. The number of hydrogen-bond acceptors (Lipinski definition) is 3. The standard InChI is InChI=1S/C21H26N2O2/c24-14-19-21(18-12-22-13-20(25)23(18)19)17-10-8-16(9-11-17)7-6-15-4-2-1-3-5-15/h8-11,15,18-19,21-22,24H,1-5,12-14H2/t18-,19+,21-/m1/s1. The molecule has 3 fully saturated rings. The van der Waals surface area contributed by atoms with Gasteiger partial charge in [0.15, 0.2) is 0 Å². The molecule has 4 heteroatoms. The monoisotopic (exact) mass is 338 g/mol. The lowest BCUT2D eigenvalue weighted by atomic mass is 9.74. The summed E-state index contributed by atoms with van der Waals surface area (Å²) >= 11 is 0. The number of nitrogens with zero attached hydrogens (tertiary/aromatic N) is 1. The second-order valence-corrected chi connectivity index (χ2v) is 7.50. The van der Waals surface area contributed by atoms with E-state index >= 15 is 0 Å². The van der Waals surface area contributed by atoms with Crippen LogP contribution in [0.2, 0.25) is 0 Å². The Balaban J connectivity index is 1.46. The van der Waals surface area contributed by atoms with E-state index in [9.17, 15) is 9.90 Å². The van der Waals surface area contributed by atoms with E-state index in [1.807, 2.05) is 4.90 Å². The molecule has 0 unspecified atom stereocenters. The predicted octanol–water partition coefficient (Wildman–Crippen LogP) is 1.88. The summed E-state index contributed by atoms with van der Waals surface area (Å²) in [5, 5.41) is 12.9. The zero-order valence-electron chi connectivity index (χ0n) is 14.6. The zero-order chi connectivity index (χ0) is 17.2. The number of aliphatic hydroxyl groups excluding tert-OH is 1. The molecule has 1 saturated carbocycles. The Labute approximate surface area is 149 Å². The maximum Gasteiger partial charge on any atom is 0.237 e. The van der Waals surface area contributed by atoms with Gasteiger partial charge in [-0.3, -0.25) is 4.79 Å². The number of carbonyl (C=O) groups excluding carboxylic acids is 1. The van der Waals surface area contributed by atoms with Crippen LogP contribution in [0, 0.1) is 17.8 Å². The SMILES string of the molecule is O=C1CNC[C@@H]2[C@@H](c3ccc(C#CC4CCCCC4)cc3)[C@H](CO)N12. The van der Waals surface area contributed by atoms with Gasteiger partial charge in [0.1, 0.15) is 0 Å². The maximum atomic E-state index is 12.0. The Morgan fingerprint density at radius 2 is 1.92 bits per heavy atom. The Bertz CT molecular complexity index is 676. The highest BCUT2D eigenvalue weighted by Crippen LogP contribution is 2.41. The lowest BCUT2D eigenvalue weighted by Crippen LogP contribution is -2.72. The van der Waals surface area contributed by atoms with Gasteiger partial charge in [0, 0.05) is 23.9 Å². The van der Waals surface area contributed by atoms with Crippen molar-refractivity contribution in [1.82, 2.24) is 10.2 Å². The van der Waals surface area contributed by atoms with Crippen LogP contribution in [0.3, 0.4) is 0 Å². The van der Waals surface area contributed by atoms with Crippen molar-refractivity contribution in [3.63, 3.8) is 0 Å². The second kappa shape index (κ2) is 7.19. The fraction of sp³-hybridized carbons (Fsp3) is 0.571. The number of benzene rings is 1. The number of amides is 1. The Hall–Kier alpha value is -1.83. The third kappa shape index (κ3) is 3.19. The molecule has 25 heavy (non-hydrogen) atoms. The average Bonchev–Trinajstić information content (AvgIpc) is 2.64. The van der Waals surface area contributed by atoms with Crippen LogP contribution in [0.5, 0.6) is 0 Å². The number of carbonyl (C=O) groups is 1. The first kappa shape index (κ1) is 16.6. The number of nitrogens with one attached hydrogen (secondary N) is 1. The first-order valence-electron chi connectivity index (χ1n) is 9.52. The van der Waals surface area contributed by atoms with Crippen LogP contribution >= 0.6 is 0 Å². The summed E-state index contributed by atoms with van der Waals surface area (Å²) in [4.78, 5) is 13.9. The van der Waals surface area contributed by atoms with Crippen molar-refractivity contribution in [2.24, 2.45) is 5.92 Å². The molecule has 2 aliphatic heterocycles. The molecule has 132 valence electrons. The van der Waals surface area contributed by atoms with Crippen molar-refractivity contribution in [3.8, 4) is 11.8 Å². The quantitative estimate of drug-likeness (QED) is 0.810. The first-order chi connectivity index (χ1) is 12.3. The van der Waals surface area contributed by atoms with Gasteiger partial charge in [0.2, 0.25) is 5.91 Å². The molecule has 1 aromatic carbocycles. The van der Waals surface area contributed by atoms with E-state index in [0.717, 1.165) is 12.1 Å². The third-order valence-corrected chi connectivity index (χ3v) is 5.97. The van der Waals surface area contributed by atoms with Crippen molar-refractivity contribution in [2.75, 3.05) is 19.7 Å². The van der Waals surface area contributed by atoms with Crippen LogP contribution in [0.15, 0.2) is 24.3 Å². The molecule has 1 aliphatic carbocycles. The van der Waals surface area contributed by atoms with Gasteiger partial charge in [0.05, 0.1) is 25.2 Å². The summed E-state index contributed by atoms with van der Waals surface area (Å²) in [6, 6.07) is 8.49. The Morgan fingerprint density at radius 3 is 2.64 bits per heavy atom. The van der Waals surface area contributed by atoms with Gasteiger partial charge in [-0.2, -0.15) is 0 Å². The van der Waals surface area contributed by atoms with Crippen LogP contribution in [0.4, 0.5) is 0 Å². The predicted molar refractivity (Wildman–Crippen MR) is 97.0 cm³/mol. The molecule has 3 atom stereocenters. The van der Waals surface area contributed by atoms with E-state index in [-0.39, 0.29) is 30.5 Å². The third-order valence-electron chi connectivity index (χ3n) is 5.97. The van der Waals surface area contributed by atoms with Gasteiger partial charge < -0.3 is 15.3 Å². The number of aliphatic hydroxyl groups is 1. The molecule has 4 rings (SSSR count). The van der Waals surface area contributed by atoms with Crippen molar-refractivity contribution in [3.05, 3.63) is 35.4 Å². The molecule has 4 nitrogen and oxygen atoms in total. The molecule has 0 bridgehead atoms. The summed E-state index contributed by atoms with van der Waals surface area (Å²) in [5.74, 6) is 7.63. The summed E-state index contributed by atoms with van der Waals surface area (Å²) < 4.78 is 0. The molecule has 2 N–H and O–H groups in total. The lowest BCUT2D eigenvalue weighted by molar-refractivity contribution is -0.153. The van der Waals surface area contributed by atoms with E-state index in [1.165, 1.54) is 37.7 Å². The molecular formula is C21H26N2O2. The van der Waals surface area contributed by atoms with Crippen LogP contribution in [-0.4, -0.2) is 47.7 Å². The number of rotatable bonds is 2. The summed E-state index contributed by atoms with van der Waals surface area (Å²) in [6.07, 6.45) is 6.46. The molecule has 2 heterocycles. The van der Waals surface area contributed by atoms with Crippen molar-refractivity contribution in [1.29, 1.82) is 0 Å². The van der Waals surface area contributed by atoms with Gasteiger partial charge in [-0.05, 0) is 30.5 Å². The summed E-state index contributed by atoms with van der Waals surface area (Å²) in [7, 11) is 0. The highest BCUT2D eigenvalue weighted by molar-refractivity contribution is 5.81. The van der Waals surface area contributed by atoms with E-state index < -0.39 is 0 Å². The summed E-state index contributed by atoms with van der Waals surface area (Å²) in [6.45, 7) is 1.21. The fourth-order valence-corrected chi connectivity index (χ4v) is 4.63. The van der Waals surface area contributed by atoms with Crippen molar-refractivity contribution >= 4 is 5.91 Å². The molecule has 0 aromatic heterocycles. The van der Waals surface area contributed by atoms with Gasteiger partial charge in [0.25, 0.3) is 0 Å². The Morgan fingerprint density at radius 1 is 1.16 bits per heavy atom. The summed E-state index contributed by atoms with van der Waals surface area (Å²) in [5.41, 5.74) is 2.25. The van der Waals surface area contributed by atoms with E-state index in [1.54, 1.807) is 0 Å². The van der Waals surface area contributed by atoms with E-state index in [4.69, 9.17) is 0 Å². The molecule has 1 amide bonds. The molecule has 0 radical (unpaired) electrons. The molecule has 2 saturated heterocycles. The highest BCUT2D eigenvalue weighted by atomic mass is 16.3. The topological polar surface area (TPSA) is 52.6 Å². The molecule has 3 aliphatic rings. The van der Waals surface area contributed by atoms with Gasteiger partial charge in [-0.25, -0.2) is 0 Å². The minimum absolute atomic E-state index is 0.0240. The normalized spacial score (nSPS) is 29.4. The van der Waals surface area contributed by atoms with E-state index in [0.29, 0.717) is 12.5 Å². The molecular weight excluding hydrogens is 312 g/mol. The highest BCUT2D eigenvalue weighted by Gasteiger charge is 2.52. The average molecular weight is 338 g/mol. The molecule has 1 aromatic rings. The largest absolute Gasteiger partial charge is 0.394 e. The van der Waals surface area contributed by atoms with Crippen LogP contribution < -0.4 is 5.32 Å². The molecule has 0 spiro atoms. The van der Waals surface area contributed by atoms with Gasteiger partial charge in [-0.15, -0.1) is 0 Å².